The normalized spacial score (nSPS) is 15.3. The Morgan fingerprint density at radius 2 is 1.70 bits per heavy atom. The van der Waals surface area contributed by atoms with Gasteiger partial charge in [-0.2, -0.15) is 0 Å². The summed E-state index contributed by atoms with van der Waals surface area (Å²) in [7, 11) is 0. The number of benzene rings is 1. The molecule has 1 aliphatic rings. The molecule has 0 bridgehead atoms. The number of morpholine rings is 1. The van der Waals surface area contributed by atoms with Crippen LogP contribution < -0.4 is 4.90 Å². The largest absolute Gasteiger partial charge is 0.378 e. The van der Waals surface area contributed by atoms with Gasteiger partial charge in [0.1, 0.15) is 15.3 Å². The van der Waals surface area contributed by atoms with Gasteiger partial charge < -0.3 is 9.64 Å². The minimum Gasteiger partial charge on any atom is -0.378 e. The van der Waals surface area contributed by atoms with E-state index in [2.05, 4.69) is 15.0 Å². The number of fused-ring (bicyclic) bond motifs is 1. The van der Waals surface area contributed by atoms with Crippen molar-refractivity contribution >= 4 is 50.7 Å². The van der Waals surface area contributed by atoms with E-state index in [1.165, 1.54) is 11.3 Å². The van der Waals surface area contributed by atoms with Gasteiger partial charge in [-0.15, -0.1) is 11.3 Å². The summed E-state index contributed by atoms with van der Waals surface area (Å²) in [4.78, 5) is 15.4. The van der Waals surface area contributed by atoms with Gasteiger partial charge in [-0.05, 0) is 12.1 Å². The minimum atomic E-state index is 0.325. The van der Waals surface area contributed by atoms with Crippen LogP contribution in [0.15, 0.2) is 24.3 Å². The molecule has 1 aliphatic heterocycles. The van der Waals surface area contributed by atoms with Crippen LogP contribution >= 0.6 is 34.5 Å². The third-order valence-corrected chi connectivity index (χ3v) is 5.21. The van der Waals surface area contributed by atoms with Crippen LogP contribution in [-0.4, -0.2) is 41.3 Å². The fourth-order valence-electron chi connectivity index (χ4n) is 2.46. The van der Waals surface area contributed by atoms with E-state index in [1.54, 1.807) is 0 Å². The van der Waals surface area contributed by atoms with Gasteiger partial charge in [-0.1, -0.05) is 35.3 Å². The molecule has 0 N–H and O–H groups in total. The highest BCUT2D eigenvalue weighted by molar-refractivity contribution is 7.21. The summed E-state index contributed by atoms with van der Waals surface area (Å²) in [5.74, 6) is 0.535. The van der Waals surface area contributed by atoms with Gasteiger partial charge in [-0.25, -0.2) is 15.0 Å². The molecule has 3 aromatic rings. The predicted octanol–water partition coefficient (Wildman–Crippen LogP) is 3.90. The Morgan fingerprint density at radius 3 is 2.39 bits per heavy atom. The van der Waals surface area contributed by atoms with Crippen molar-refractivity contribution in [1.82, 2.24) is 15.0 Å². The molecule has 118 valence electrons. The van der Waals surface area contributed by atoms with E-state index < -0.39 is 0 Å². The van der Waals surface area contributed by atoms with Gasteiger partial charge in [0, 0.05) is 13.1 Å². The number of nitrogens with zero attached hydrogens (tertiary/aromatic N) is 4. The zero-order chi connectivity index (χ0) is 15.8. The average Bonchev–Trinajstić information content (AvgIpc) is 2.98. The van der Waals surface area contributed by atoms with Crippen LogP contribution in [0.3, 0.4) is 0 Å². The molecule has 0 radical (unpaired) electrons. The molecule has 3 heterocycles. The molecule has 0 aliphatic carbocycles. The molecule has 0 spiro atoms. The quantitative estimate of drug-likeness (QED) is 0.643. The molecular formula is C15H12Cl2N4OS. The molecule has 0 unspecified atom stereocenters. The number of rotatable bonds is 2. The zero-order valence-electron chi connectivity index (χ0n) is 12.0. The molecule has 4 rings (SSSR count). The van der Waals surface area contributed by atoms with Crippen LogP contribution in [0, 0.1) is 0 Å². The molecule has 2 aromatic heterocycles. The Morgan fingerprint density at radius 1 is 1.00 bits per heavy atom. The lowest BCUT2D eigenvalue weighted by molar-refractivity contribution is 0.122. The second-order valence-corrected chi connectivity index (χ2v) is 6.81. The van der Waals surface area contributed by atoms with Crippen LogP contribution in [0.4, 0.5) is 5.95 Å². The van der Waals surface area contributed by atoms with Crippen LogP contribution in [0.25, 0.3) is 20.8 Å². The first-order chi connectivity index (χ1) is 11.2. The highest BCUT2D eigenvalue weighted by Gasteiger charge is 2.21. The van der Waals surface area contributed by atoms with Crippen LogP contribution in [0.2, 0.25) is 10.3 Å². The van der Waals surface area contributed by atoms with Crippen molar-refractivity contribution < 1.29 is 4.74 Å². The molecular weight excluding hydrogens is 355 g/mol. The zero-order valence-corrected chi connectivity index (χ0v) is 14.3. The van der Waals surface area contributed by atoms with Gasteiger partial charge >= 0.3 is 0 Å². The molecule has 5 nitrogen and oxygen atoms in total. The number of hydrogen-bond acceptors (Lipinski definition) is 6. The number of anilines is 1. The van der Waals surface area contributed by atoms with Gasteiger partial charge in [0.15, 0.2) is 0 Å². The van der Waals surface area contributed by atoms with Gasteiger partial charge in [0.25, 0.3) is 0 Å². The van der Waals surface area contributed by atoms with Crippen molar-refractivity contribution in [2.75, 3.05) is 31.2 Å². The van der Waals surface area contributed by atoms with E-state index in [0.29, 0.717) is 35.0 Å². The van der Waals surface area contributed by atoms with Crippen LogP contribution in [0.5, 0.6) is 0 Å². The minimum absolute atomic E-state index is 0.325. The van der Waals surface area contributed by atoms with Gasteiger partial charge in [0.2, 0.25) is 5.95 Å². The lowest BCUT2D eigenvalue weighted by atomic mass is 10.3. The maximum Gasteiger partial charge on any atom is 0.228 e. The van der Waals surface area contributed by atoms with Crippen molar-refractivity contribution in [3.63, 3.8) is 0 Å². The molecule has 1 saturated heterocycles. The molecule has 1 aromatic carbocycles. The highest BCUT2D eigenvalue weighted by atomic mass is 35.5. The summed E-state index contributed by atoms with van der Waals surface area (Å²) in [5.41, 5.74) is 1.50. The van der Waals surface area contributed by atoms with Crippen molar-refractivity contribution in [2.24, 2.45) is 0 Å². The Kier molecular flexibility index (Phi) is 4.07. The van der Waals surface area contributed by atoms with Gasteiger partial charge in [0.05, 0.1) is 29.0 Å². The Bertz CT molecular complexity index is 808. The topological polar surface area (TPSA) is 51.1 Å². The molecule has 0 saturated carbocycles. The third kappa shape index (κ3) is 2.87. The number of ether oxygens (including phenoxy) is 1. The van der Waals surface area contributed by atoms with E-state index in [0.717, 1.165) is 28.3 Å². The summed E-state index contributed by atoms with van der Waals surface area (Å²) >= 11 is 14.3. The average molecular weight is 367 g/mol. The highest BCUT2D eigenvalue weighted by Crippen LogP contribution is 2.38. The van der Waals surface area contributed by atoms with E-state index in [9.17, 15) is 0 Å². The van der Waals surface area contributed by atoms with Crippen molar-refractivity contribution in [3.8, 4) is 10.6 Å². The standard InChI is InChI=1S/C15H12Cl2N4OS/c16-12-11(14-18-9-3-1-2-4-10(9)23-14)13(17)20-15(19-12)21-5-7-22-8-6-21/h1-4H,5-8H2. The first-order valence-corrected chi connectivity index (χ1v) is 8.71. The lowest BCUT2D eigenvalue weighted by Crippen LogP contribution is -2.37. The summed E-state index contributed by atoms with van der Waals surface area (Å²) in [6, 6.07) is 7.90. The summed E-state index contributed by atoms with van der Waals surface area (Å²) in [5, 5.41) is 1.38. The van der Waals surface area contributed by atoms with E-state index in [-0.39, 0.29) is 0 Å². The predicted molar refractivity (Wildman–Crippen MR) is 93.7 cm³/mol. The Labute approximate surface area is 146 Å². The number of halogens is 2. The van der Waals surface area contributed by atoms with E-state index in [4.69, 9.17) is 27.9 Å². The summed E-state index contributed by atoms with van der Waals surface area (Å²) in [6.07, 6.45) is 0. The van der Waals surface area contributed by atoms with E-state index >= 15 is 0 Å². The molecule has 0 atom stereocenters. The Hall–Kier alpha value is -1.47. The maximum absolute atomic E-state index is 6.39. The fourth-order valence-corrected chi connectivity index (χ4v) is 4.14. The second kappa shape index (κ2) is 6.20. The smallest absolute Gasteiger partial charge is 0.228 e. The van der Waals surface area contributed by atoms with Crippen molar-refractivity contribution in [3.05, 3.63) is 34.6 Å². The van der Waals surface area contributed by atoms with Gasteiger partial charge in [-0.3, -0.25) is 0 Å². The molecule has 1 fully saturated rings. The van der Waals surface area contributed by atoms with E-state index in [1.807, 2.05) is 29.2 Å². The lowest BCUT2D eigenvalue weighted by Gasteiger charge is -2.27. The SMILES string of the molecule is Clc1nc(N2CCOCC2)nc(Cl)c1-c1nc2ccccc2s1. The summed E-state index contributed by atoms with van der Waals surface area (Å²) in [6.45, 7) is 2.76. The van der Waals surface area contributed by atoms with Crippen molar-refractivity contribution in [2.45, 2.75) is 0 Å². The van der Waals surface area contributed by atoms with Crippen LogP contribution in [0.1, 0.15) is 0 Å². The number of aromatic nitrogens is 3. The molecule has 0 amide bonds. The van der Waals surface area contributed by atoms with Crippen LogP contribution in [-0.2, 0) is 4.74 Å². The number of para-hydroxylation sites is 1. The number of hydrogen-bond donors (Lipinski definition) is 0. The second-order valence-electron chi connectivity index (χ2n) is 5.07. The Balaban J connectivity index is 1.76. The maximum atomic E-state index is 6.39. The number of thiazole rings is 1. The summed E-state index contributed by atoms with van der Waals surface area (Å²) < 4.78 is 6.41. The first-order valence-electron chi connectivity index (χ1n) is 7.14. The fraction of sp³-hybridized carbons (Fsp3) is 0.267. The molecule has 8 heteroatoms. The third-order valence-electron chi connectivity index (χ3n) is 3.61. The first kappa shape index (κ1) is 15.1. The monoisotopic (exact) mass is 366 g/mol. The molecule has 23 heavy (non-hydrogen) atoms. The van der Waals surface area contributed by atoms with Crippen molar-refractivity contribution in [1.29, 1.82) is 0 Å².